The molecule has 5 atom stereocenters. The van der Waals surface area contributed by atoms with Gasteiger partial charge in [0, 0.05) is 0 Å². The summed E-state index contributed by atoms with van der Waals surface area (Å²) in [6.07, 6.45) is 10.5. The molecule has 2 nitrogen and oxygen atoms in total. The maximum atomic E-state index is 9.73. The van der Waals surface area contributed by atoms with Crippen LogP contribution in [-0.2, 0) is 4.74 Å². The van der Waals surface area contributed by atoms with E-state index in [1.165, 1.54) is 11.1 Å². The average molecular weight is 311 g/mol. The van der Waals surface area contributed by atoms with Crippen molar-refractivity contribution in [2.24, 2.45) is 23.2 Å². The molecule has 0 spiro atoms. The predicted octanol–water partition coefficient (Wildman–Crippen LogP) is 5.19. The number of hydrogen-bond donors (Lipinski definition) is 0. The minimum atomic E-state index is -0.158. The fraction of sp³-hybridized carbons (Fsp3) is 0.667. The Bertz CT molecular complexity index is 593. The van der Waals surface area contributed by atoms with E-state index >= 15 is 0 Å². The summed E-state index contributed by atoms with van der Waals surface area (Å²) in [5, 5.41) is 9.73. The maximum absolute atomic E-state index is 9.73. The SMILES string of the molecule is C=C(C)C1CC=C(C2CCC(C)(C#N)C3CCC(C)=CC23)CO1. The lowest BCUT2D eigenvalue weighted by atomic mass is 9.55. The molecule has 1 fully saturated rings. The lowest BCUT2D eigenvalue weighted by molar-refractivity contribution is 0.0495. The van der Waals surface area contributed by atoms with E-state index in [0.29, 0.717) is 17.8 Å². The van der Waals surface area contributed by atoms with Crippen LogP contribution in [0, 0.1) is 34.5 Å². The predicted molar refractivity (Wildman–Crippen MR) is 93.7 cm³/mol. The molecule has 124 valence electrons. The Morgan fingerprint density at radius 3 is 2.83 bits per heavy atom. The summed E-state index contributed by atoms with van der Waals surface area (Å²) in [6.45, 7) is 11.2. The first-order chi connectivity index (χ1) is 10.9. The lowest BCUT2D eigenvalue weighted by Crippen LogP contribution is -2.43. The monoisotopic (exact) mass is 311 g/mol. The summed E-state index contributed by atoms with van der Waals surface area (Å²) in [7, 11) is 0. The molecule has 5 unspecified atom stereocenters. The minimum Gasteiger partial charge on any atom is -0.369 e. The van der Waals surface area contributed by atoms with Crippen LogP contribution in [0.1, 0.15) is 52.9 Å². The molecule has 0 aromatic rings. The summed E-state index contributed by atoms with van der Waals surface area (Å²) >= 11 is 0. The van der Waals surface area contributed by atoms with E-state index in [0.717, 1.165) is 44.3 Å². The van der Waals surface area contributed by atoms with E-state index in [9.17, 15) is 5.26 Å². The fourth-order valence-electron chi connectivity index (χ4n) is 4.83. The number of nitriles is 1. The molecule has 1 saturated carbocycles. The Hall–Kier alpha value is -1.33. The zero-order valence-corrected chi connectivity index (χ0v) is 14.8. The molecule has 0 N–H and O–H groups in total. The minimum absolute atomic E-state index is 0.158. The van der Waals surface area contributed by atoms with Crippen molar-refractivity contribution >= 4 is 0 Å². The highest BCUT2D eigenvalue weighted by Gasteiger charge is 2.47. The molecule has 3 aliphatic rings. The quantitative estimate of drug-likeness (QED) is 0.657. The van der Waals surface area contributed by atoms with Gasteiger partial charge in [0.15, 0.2) is 0 Å². The zero-order valence-electron chi connectivity index (χ0n) is 14.8. The van der Waals surface area contributed by atoms with Crippen LogP contribution in [0.25, 0.3) is 0 Å². The van der Waals surface area contributed by atoms with Gasteiger partial charge in [-0.3, -0.25) is 0 Å². The van der Waals surface area contributed by atoms with Gasteiger partial charge >= 0.3 is 0 Å². The molecule has 0 amide bonds. The maximum Gasteiger partial charge on any atom is 0.0818 e. The summed E-state index contributed by atoms with van der Waals surface area (Å²) in [6, 6.07) is 2.65. The third-order valence-corrected chi connectivity index (χ3v) is 6.38. The van der Waals surface area contributed by atoms with E-state index in [1.54, 1.807) is 0 Å². The summed E-state index contributed by atoms with van der Waals surface area (Å²) < 4.78 is 6.04. The Kier molecular flexibility index (Phi) is 4.52. The van der Waals surface area contributed by atoms with Crippen molar-refractivity contribution in [1.82, 2.24) is 0 Å². The van der Waals surface area contributed by atoms with Gasteiger partial charge in [-0.1, -0.05) is 29.9 Å². The highest BCUT2D eigenvalue weighted by atomic mass is 16.5. The molecule has 23 heavy (non-hydrogen) atoms. The second-order valence-corrected chi connectivity index (χ2v) is 8.07. The van der Waals surface area contributed by atoms with Crippen molar-refractivity contribution < 1.29 is 4.74 Å². The van der Waals surface area contributed by atoms with Crippen molar-refractivity contribution in [1.29, 1.82) is 5.26 Å². The van der Waals surface area contributed by atoms with Crippen LogP contribution in [0.15, 0.2) is 35.5 Å². The van der Waals surface area contributed by atoms with Crippen LogP contribution >= 0.6 is 0 Å². The number of nitrogens with zero attached hydrogens (tertiary/aromatic N) is 1. The second-order valence-electron chi connectivity index (χ2n) is 8.07. The highest BCUT2D eigenvalue weighted by Crippen LogP contribution is 2.53. The first-order valence-corrected chi connectivity index (χ1v) is 8.99. The average Bonchev–Trinajstić information content (AvgIpc) is 2.55. The number of ether oxygens (including phenoxy) is 1. The Morgan fingerprint density at radius 2 is 2.22 bits per heavy atom. The normalized spacial score (nSPS) is 40.4. The summed E-state index contributed by atoms with van der Waals surface area (Å²) in [5.41, 5.74) is 3.92. The van der Waals surface area contributed by atoms with Crippen molar-refractivity contribution in [3.8, 4) is 6.07 Å². The molecular formula is C21H29NO. The molecule has 0 aromatic heterocycles. The third-order valence-electron chi connectivity index (χ3n) is 6.38. The van der Waals surface area contributed by atoms with Crippen LogP contribution in [0.4, 0.5) is 0 Å². The van der Waals surface area contributed by atoms with Crippen LogP contribution < -0.4 is 0 Å². The van der Waals surface area contributed by atoms with Crippen molar-refractivity contribution in [2.45, 2.75) is 59.0 Å². The van der Waals surface area contributed by atoms with E-state index in [1.807, 2.05) is 6.92 Å². The van der Waals surface area contributed by atoms with Crippen LogP contribution in [0.3, 0.4) is 0 Å². The van der Waals surface area contributed by atoms with Crippen LogP contribution in [0.5, 0.6) is 0 Å². The second kappa shape index (κ2) is 6.29. The summed E-state index contributed by atoms with van der Waals surface area (Å²) in [5.74, 6) is 1.57. The number of hydrogen-bond acceptors (Lipinski definition) is 2. The zero-order chi connectivity index (χ0) is 16.6. The first kappa shape index (κ1) is 16.5. The molecule has 0 aromatic carbocycles. The molecule has 1 heterocycles. The van der Waals surface area contributed by atoms with Crippen LogP contribution in [-0.4, -0.2) is 12.7 Å². The third kappa shape index (κ3) is 3.04. The van der Waals surface area contributed by atoms with Crippen LogP contribution in [0.2, 0.25) is 0 Å². The smallest absolute Gasteiger partial charge is 0.0818 e. The molecule has 3 rings (SSSR count). The molecule has 2 heteroatoms. The van der Waals surface area contributed by atoms with Gasteiger partial charge in [0.1, 0.15) is 0 Å². The molecule has 0 bridgehead atoms. The molecular weight excluding hydrogens is 282 g/mol. The summed E-state index contributed by atoms with van der Waals surface area (Å²) in [4.78, 5) is 0. The molecule has 1 aliphatic heterocycles. The van der Waals surface area contributed by atoms with E-state index in [2.05, 4.69) is 38.6 Å². The van der Waals surface area contributed by atoms with E-state index < -0.39 is 0 Å². The van der Waals surface area contributed by atoms with Gasteiger partial charge < -0.3 is 4.74 Å². The standard InChI is InChI=1S/C21H29NO/c1-14(2)20-8-6-16(12-23-20)17-9-10-21(4,13-22)19-7-5-15(3)11-18(17)19/h6,11,17-20H,1,5,7-10,12H2,2-4H3. The van der Waals surface area contributed by atoms with Gasteiger partial charge in [-0.15, -0.1) is 0 Å². The van der Waals surface area contributed by atoms with Crippen molar-refractivity contribution in [3.63, 3.8) is 0 Å². The van der Waals surface area contributed by atoms with Crippen molar-refractivity contribution in [3.05, 3.63) is 35.5 Å². The van der Waals surface area contributed by atoms with Gasteiger partial charge in [0.2, 0.25) is 0 Å². The van der Waals surface area contributed by atoms with Gasteiger partial charge in [-0.05, 0) is 76.2 Å². The van der Waals surface area contributed by atoms with Gasteiger partial charge in [0.25, 0.3) is 0 Å². The lowest BCUT2D eigenvalue weighted by Gasteiger charge is -2.48. The van der Waals surface area contributed by atoms with Gasteiger partial charge in [-0.2, -0.15) is 5.26 Å². The number of fused-ring (bicyclic) bond motifs is 1. The largest absolute Gasteiger partial charge is 0.369 e. The fourth-order valence-corrected chi connectivity index (χ4v) is 4.83. The Morgan fingerprint density at radius 1 is 1.43 bits per heavy atom. The Balaban J connectivity index is 1.85. The highest BCUT2D eigenvalue weighted by molar-refractivity contribution is 5.24. The van der Waals surface area contributed by atoms with Gasteiger partial charge in [0.05, 0.1) is 24.2 Å². The van der Waals surface area contributed by atoms with Crippen molar-refractivity contribution in [2.75, 3.05) is 6.61 Å². The first-order valence-electron chi connectivity index (χ1n) is 8.99. The Labute approximate surface area is 140 Å². The number of rotatable bonds is 2. The molecule has 2 aliphatic carbocycles. The molecule has 0 saturated heterocycles. The van der Waals surface area contributed by atoms with E-state index in [4.69, 9.17) is 4.74 Å². The van der Waals surface area contributed by atoms with E-state index in [-0.39, 0.29) is 11.5 Å². The molecule has 0 radical (unpaired) electrons. The van der Waals surface area contributed by atoms with Gasteiger partial charge in [-0.25, -0.2) is 0 Å². The topological polar surface area (TPSA) is 33.0 Å². The number of allylic oxidation sites excluding steroid dienone is 2.